The Labute approximate surface area is 341 Å². The number of hydrogen-bond donors (Lipinski definition) is 3. The SMILES string of the molecule is CCc1cccc(CC(C(=O)O)(C(C)C)N2C(=O)C(N3C(=O)C(c4ccc(C#N)cc4)N(C(=O)c4cccc(NS(C)(=O)=O)c4)C3C(=O)OC)C2CCc2c[nH]cn2)c1. The highest BCUT2D eigenvalue weighted by Gasteiger charge is 2.67. The molecule has 0 radical (unpaired) electrons. The number of imidazole rings is 1. The molecule has 308 valence electrons. The van der Waals surface area contributed by atoms with Gasteiger partial charge in [0.05, 0.1) is 43.1 Å². The lowest BCUT2D eigenvalue weighted by atomic mass is 9.73. The molecule has 0 bridgehead atoms. The summed E-state index contributed by atoms with van der Waals surface area (Å²) < 4.78 is 31.7. The zero-order chi connectivity index (χ0) is 42.8. The van der Waals surface area contributed by atoms with Crippen molar-refractivity contribution < 1.29 is 42.2 Å². The Morgan fingerprint density at radius 3 is 2.32 bits per heavy atom. The molecule has 3 amide bonds. The fraction of sp³-hybridized carbons (Fsp3) is 0.357. The number of likely N-dealkylation sites (tertiary alicyclic amines) is 1. The second-order valence-corrected chi connectivity index (χ2v) is 16.7. The number of anilines is 1. The molecule has 59 heavy (non-hydrogen) atoms. The zero-order valence-corrected chi connectivity index (χ0v) is 34.0. The highest BCUT2D eigenvalue weighted by molar-refractivity contribution is 7.92. The van der Waals surface area contributed by atoms with E-state index in [0.717, 1.165) is 28.7 Å². The van der Waals surface area contributed by atoms with Crippen LogP contribution >= 0.6 is 0 Å². The molecule has 2 aliphatic rings. The van der Waals surface area contributed by atoms with E-state index in [1.54, 1.807) is 20.0 Å². The number of hydrogen-bond acceptors (Lipinski definition) is 10. The van der Waals surface area contributed by atoms with Gasteiger partial charge in [0, 0.05) is 23.9 Å². The average Bonchev–Trinajstić information content (AvgIpc) is 3.83. The lowest BCUT2D eigenvalue weighted by molar-refractivity contribution is -0.193. The van der Waals surface area contributed by atoms with Crippen LogP contribution in [-0.2, 0) is 53.2 Å². The van der Waals surface area contributed by atoms with Crippen molar-refractivity contribution in [1.82, 2.24) is 24.7 Å². The predicted octanol–water partition coefficient (Wildman–Crippen LogP) is 3.67. The normalized spacial score (nSPS) is 20.2. The minimum Gasteiger partial charge on any atom is -0.479 e. The Morgan fingerprint density at radius 2 is 1.73 bits per heavy atom. The van der Waals surface area contributed by atoms with E-state index < -0.39 is 75.4 Å². The van der Waals surface area contributed by atoms with Crippen LogP contribution in [0.3, 0.4) is 0 Å². The lowest BCUT2D eigenvalue weighted by Crippen LogP contribution is -2.80. The fourth-order valence-corrected chi connectivity index (χ4v) is 8.78. The number of aromatic amines is 1. The zero-order valence-electron chi connectivity index (χ0n) is 33.2. The van der Waals surface area contributed by atoms with Gasteiger partial charge < -0.3 is 19.7 Å². The van der Waals surface area contributed by atoms with Crippen LogP contribution in [-0.4, -0.2) is 105 Å². The van der Waals surface area contributed by atoms with Crippen molar-refractivity contribution in [1.29, 1.82) is 5.26 Å². The molecular weight excluding hydrogens is 779 g/mol. The number of aryl methyl sites for hydroxylation is 2. The number of sulfonamides is 1. The molecule has 6 rings (SSSR count). The minimum atomic E-state index is -3.77. The predicted molar refractivity (Wildman–Crippen MR) is 214 cm³/mol. The second kappa shape index (κ2) is 16.7. The van der Waals surface area contributed by atoms with Crippen LogP contribution in [0.4, 0.5) is 5.69 Å². The van der Waals surface area contributed by atoms with Crippen LogP contribution in [0.15, 0.2) is 85.3 Å². The topological polar surface area (TPSA) is 223 Å². The standard InChI is InChI=1S/C42H45N7O9S/c1-6-26-9-7-10-28(19-26)21-42(25(2)3,41(54)55)49-33(18-17-32-23-44-24-45-32)35(39(49)52)48-36(40(53)58-4)47(34(38(48)51)29-15-13-27(22-43)14-16-29)37(50)30-11-8-12-31(20-30)46-59(5,56)57/h7-16,19-20,23-25,33-36,46H,6,17-18,21H2,1-5H3,(H,44,45)(H,54,55). The number of rotatable bonds is 15. The minimum absolute atomic E-state index is 0.0386. The number of aliphatic carboxylic acids is 1. The van der Waals surface area contributed by atoms with Gasteiger partial charge in [-0.15, -0.1) is 0 Å². The summed E-state index contributed by atoms with van der Waals surface area (Å²) in [6.07, 6.45) is 3.25. The van der Waals surface area contributed by atoms with Crippen molar-refractivity contribution in [3.05, 3.63) is 119 Å². The Bertz CT molecular complexity index is 2410. The first-order chi connectivity index (χ1) is 28.1. The van der Waals surface area contributed by atoms with Crippen molar-refractivity contribution in [3.63, 3.8) is 0 Å². The van der Waals surface area contributed by atoms with Gasteiger partial charge in [-0.25, -0.2) is 23.0 Å². The van der Waals surface area contributed by atoms with Gasteiger partial charge in [-0.2, -0.15) is 5.26 Å². The van der Waals surface area contributed by atoms with Crippen molar-refractivity contribution in [2.24, 2.45) is 5.92 Å². The maximum Gasteiger partial charge on any atom is 0.349 e. The Balaban J connectivity index is 1.51. The monoisotopic (exact) mass is 823 g/mol. The Kier molecular flexibility index (Phi) is 11.9. The fourth-order valence-electron chi connectivity index (χ4n) is 8.23. The summed E-state index contributed by atoms with van der Waals surface area (Å²) in [7, 11) is -2.70. The van der Waals surface area contributed by atoms with E-state index in [1.807, 2.05) is 37.3 Å². The number of carboxylic acid groups (broad SMARTS) is 1. The summed E-state index contributed by atoms with van der Waals surface area (Å²) in [6.45, 7) is 5.42. The van der Waals surface area contributed by atoms with Gasteiger partial charge in [-0.05, 0) is 72.2 Å². The molecule has 17 heteroatoms. The molecule has 2 saturated heterocycles. The number of nitriles is 1. The average molecular weight is 824 g/mol. The summed E-state index contributed by atoms with van der Waals surface area (Å²) >= 11 is 0. The first kappa shape index (κ1) is 42.1. The molecule has 2 aliphatic heterocycles. The number of β-lactam (4-membered cyclic amide) rings is 1. The van der Waals surface area contributed by atoms with E-state index in [-0.39, 0.29) is 41.6 Å². The van der Waals surface area contributed by atoms with E-state index in [9.17, 15) is 33.2 Å². The summed E-state index contributed by atoms with van der Waals surface area (Å²) in [5, 5.41) is 20.7. The molecule has 5 atom stereocenters. The number of carbonyl (C=O) groups excluding carboxylic acids is 4. The van der Waals surface area contributed by atoms with Gasteiger partial charge in [-0.1, -0.05) is 63.2 Å². The Hall–Kier alpha value is -6.54. The summed E-state index contributed by atoms with van der Waals surface area (Å²) in [4.78, 5) is 83.2. The summed E-state index contributed by atoms with van der Waals surface area (Å²) in [5.41, 5.74) is 0.869. The third kappa shape index (κ3) is 8.00. The smallest absolute Gasteiger partial charge is 0.349 e. The van der Waals surface area contributed by atoms with E-state index in [4.69, 9.17) is 4.74 Å². The molecular formula is C42H45N7O9S. The van der Waals surface area contributed by atoms with Gasteiger partial charge >= 0.3 is 11.9 Å². The summed E-state index contributed by atoms with van der Waals surface area (Å²) in [6, 6.07) is 16.8. The van der Waals surface area contributed by atoms with Crippen LogP contribution in [0.2, 0.25) is 0 Å². The number of carbonyl (C=O) groups is 5. The maximum atomic E-state index is 15.1. The van der Waals surface area contributed by atoms with E-state index in [2.05, 4.69) is 14.7 Å². The molecule has 2 fully saturated rings. The summed E-state index contributed by atoms with van der Waals surface area (Å²) in [5.74, 6) is -5.40. The number of esters is 1. The number of ether oxygens (including phenoxy) is 1. The number of nitrogens with zero attached hydrogens (tertiary/aromatic N) is 5. The molecule has 4 aromatic rings. The number of methoxy groups -OCH3 is 1. The Morgan fingerprint density at radius 1 is 1.03 bits per heavy atom. The van der Waals surface area contributed by atoms with Crippen LogP contribution in [0.5, 0.6) is 0 Å². The van der Waals surface area contributed by atoms with E-state index in [0.29, 0.717) is 17.7 Å². The maximum absolute atomic E-state index is 15.1. The highest BCUT2D eigenvalue weighted by Crippen LogP contribution is 2.46. The third-order valence-corrected chi connectivity index (χ3v) is 11.7. The molecule has 0 saturated carbocycles. The number of benzene rings is 3. The van der Waals surface area contributed by atoms with Crippen molar-refractivity contribution in [2.75, 3.05) is 18.1 Å². The molecule has 5 unspecified atom stereocenters. The quantitative estimate of drug-likeness (QED) is 0.116. The second-order valence-electron chi connectivity index (χ2n) is 15.0. The highest BCUT2D eigenvalue weighted by atomic mass is 32.2. The number of carboxylic acids is 1. The van der Waals surface area contributed by atoms with Gasteiger partial charge in [0.2, 0.25) is 22.1 Å². The van der Waals surface area contributed by atoms with Gasteiger partial charge in [0.1, 0.15) is 17.6 Å². The van der Waals surface area contributed by atoms with Gasteiger partial charge in [0.25, 0.3) is 11.8 Å². The van der Waals surface area contributed by atoms with Crippen LogP contribution in [0.25, 0.3) is 0 Å². The van der Waals surface area contributed by atoms with Crippen LogP contribution in [0, 0.1) is 17.2 Å². The molecule has 3 heterocycles. The van der Waals surface area contributed by atoms with Gasteiger partial charge in [0.15, 0.2) is 0 Å². The largest absolute Gasteiger partial charge is 0.479 e. The lowest BCUT2D eigenvalue weighted by Gasteiger charge is -2.59. The third-order valence-electron chi connectivity index (χ3n) is 11.1. The van der Waals surface area contributed by atoms with Crippen molar-refractivity contribution in [2.45, 2.75) is 76.3 Å². The molecule has 0 spiro atoms. The molecule has 3 aromatic carbocycles. The van der Waals surface area contributed by atoms with Crippen LogP contribution < -0.4 is 4.72 Å². The molecule has 1 aromatic heterocycles. The number of H-pyrrole nitrogens is 1. The van der Waals surface area contributed by atoms with Crippen molar-refractivity contribution >= 4 is 45.4 Å². The molecule has 3 N–H and O–H groups in total. The number of aromatic nitrogens is 2. The van der Waals surface area contributed by atoms with E-state index in [1.165, 1.54) is 59.8 Å². The first-order valence-corrected chi connectivity index (χ1v) is 20.9. The molecule has 0 aliphatic carbocycles. The number of nitrogens with one attached hydrogen (secondary N) is 2. The number of amides is 3. The molecule has 16 nitrogen and oxygen atoms in total. The van der Waals surface area contributed by atoms with Gasteiger partial charge in [-0.3, -0.25) is 28.9 Å². The van der Waals surface area contributed by atoms with Crippen LogP contribution in [0.1, 0.15) is 71.5 Å². The van der Waals surface area contributed by atoms with Crippen molar-refractivity contribution in [3.8, 4) is 6.07 Å². The first-order valence-electron chi connectivity index (χ1n) is 19.0. The van der Waals surface area contributed by atoms with E-state index >= 15 is 9.59 Å².